The van der Waals surface area contributed by atoms with Crippen molar-refractivity contribution in [2.75, 3.05) is 31.6 Å². The minimum absolute atomic E-state index is 0.125. The summed E-state index contributed by atoms with van der Waals surface area (Å²) in [4.78, 5) is 16.1. The summed E-state index contributed by atoms with van der Waals surface area (Å²) in [6, 6.07) is 7.17. The Morgan fingerprint density at radius 2 is 2.07 bits per heavy atom. The van der Waals surface area contributed by atoms with Gasteiger partial charge in [-0.15, -0.1) is 0 Å². The predicted octanol–water partition coefficient (Wildman–Crippen LogP) is 3.34. The van der Waals surface area contributed by atoms with Gasteiger partial charge in [0.2, 0.25) is 0 Å². The lowest BCUT2D eigenvalue weighted by Gasteiger charge is -2.38. The van der Waals surface area contributed by atoms with Gasteiger partial charge in [-0.1, -0.05) is 6.07 Å². The van der Waals surface area contributed by atoms with E-state index in [2.05, 4.69) is 19.9 Å². The molecule has 1 fully saturated rings. The highest BCUT2D eigenvalue weighted by atomic mass is 19.4. The highest BCUT2D eigenvalue weighted by Crippen LogP contribution is 2.29. The van der Waals surface area contributed by atoms with Gasteiger partial charge in [-0.3, -0.25) is 4.98 Å². The van der Waals surface area contributed by atoms with Crippen molar-refractivity contribution in [3.05, 3.63) is 47.7 Å². The standard InChI is InChI=1S/C19H24F3N5/c1-14-5-3-6-15(25-14)8-10-27-9-4-7-16(12-27)26(2)18-11-17(19(20,21)22)23-13-24-18/h3,5-6,11,13,16H,4,7-10,12H2,1-2H3. The molecule has 3 heterocycles. The number of piperidine rings is 1. The van der Waals surface area contributed by atoms with Crippen LogP contribution in [0.2, 0.25) is 0 Å². The Hall–Kier alpha value is -2.22. The van der Waals surface area contributed by atoms with E-state index >= 15 is 0 Å². The highest BCUT2D eigenvalue weighted by molar-refractivity contribution is 5.40. The monoisotopic (exact) mass is 379 g/mol. The van der Waals surface area contributed by atoms with Crippen LogP contribution in [0.1, 0.15) is 29.9 Å². The van der Waals surface area contributed by atoms with E-state index in [-0.39, 0.29) is 6.04 Å². The fourth-order valence-corrected chi connectivity index (χ4v) is 3.44. The molecule has 27 heavy (non-hydrogen) atoms. The summed E-state index contributed by atoms with van der Waals surface area (Å²) in [7, 11) is 1.80. The molecule has 0 N–H and O–H groups in total. The maximum atomic E-state index is 12.9. The number of alkyl halides is 3. The van der Waals surface area contributed by atoms with Gasteiger partial charge >= 0.3 is 6.18 Å². The molecular formula is C19H24F3N5. The number of likely N-dealkylation sites (N-methyl/N-ethyl adjacent to an activating group) is 1. The normalized spacial score (nSPS) is 18.5. The number of aryl methyl sites for hydroxylation is 1. The number of rotatable bonds is 5. The number of pyridine rings is 1. The molecule has 1 saturated heterocycles. The van der Waals surface area contributed by atoms with Gasteiger partial charge in [-0.05, 0) is 38.4 Å². The molecule has 0 spiro atoms. The number of nitrogens with zero attached hydrogens (tertiary/aromatic N) is 5. The van der Waals surface area contributed by atoms with E-state index in [1.807, 2.05) is 30.0 Å². The van der Waals surface area contributed by atoms with Crippen molar-refractivity contribution in [2.45, 2.75) is 38.4 Å². The number of hydrogen-bond acceptors (Lipinski definition) is 5. The lowest BCUT2D eigenvalue weighted by molar-refractivity contribution is -0.141. The zero-order chi connectivity index (χ0) is 19.4. The van der Waals surface area contributed by atoms with Gasteiger partial charge in [0.15, 0.2) is 0 Å². The van der Waals surface area contributed by atoms with E-state index in [0.717, 1.165) is 62.7 Å². The molecule has 1 aliphatic rings. The van der Waals surface area contributed by atoms with Crippen LogP contribution < -0.4 is 4.90 Å². The molecule has 2 aromatic rings. The minimum atomic E-state index is -4.46. The first-order valence-electron chi connectivity index (χ1n) is 9.10. The Balaban J connectivity index is 1.62. The van der Waals surface area contributed by atoms with Crippen LogP contribution in [-0.4, -0.2) is 52.6 Å². The van der Waals surface area contributed by atoms with E-state index in [4.69, 9.17) is 0 Å². The summed E-state index contributed by atoms with van der Waals surface area (Å²) in [5.41, 5.74) is 1.17. The fourth-order valence-electron chi connectivity index (χ4n) is 3.44. The summed E-state index contributed by atoms with van der Waals surface area (Å²) in [5, 5.41) is 0. The molecule has 0 aliphatic carbocycles. The predicted molar refractivity (Wildman–Crippen MR) is 97.6 cm³/mol. The lowest BCUT2D eigenvalue weighted by atomic mass is 10.0. The van der Waals surface area contributed by atoms with E-state index < -0.39 is 11.9 Å². The van der Waals surface area contributed by atoms with Crippen molar-refractivity contribution < 1.29 is 13.2 Å². The molecule has 1 unspecified atom stereocenters. The molecule has 1 atom stereocenters. The Bertz CT molecular complexity index is 765. The largest absolute Gasteiger partial charge is 0.433 e. The SMILES string of the molecule is Cc1cccc(CCN2CCCC(N(C)c3cc(C(F)(F)F)ncn3)C2)n1. The van der Waals surface area contributed by atoms with Crippen molar-refractivity contribution >= 4 is 5.82 Å². The molecular weight excluding hydrogens is 355 g/mol. The van der Waals surface area contributed by atoms with Crippen LogP contribution in [0.4, 0.5) is 19.0 Å². The van der Waals surface area contributed by atoms with Crippen LogP contribution in [0.25, 0.3) is 0 Å². The number of likely N-dealkylation sites (tertiary alicyclic amines) is 1. The summed E-state index contributed by atoms with van der Waals surface area (Å²) < 4.78 is 38.7. The second-order valence-electron chi connectivity index (χ2n) is 6.99. The van der Waals surface area contributed by atoms with E-state index in [9.17, 15) is 13.2 Å². The molecule has 0 amide bonds. The van der Waals surface area contributed by atoms with Crippen LogP contribution in [0, 0.1) is 6.92 Å². The summed E-state index contributed by atoms with van der Waals surface area (Å²) in [6.07, 6.45) is -0.672. The summed E-state index contributed by atoms with van der Waals surface area (Å²) >= 11 is 0. The van der Waals surface area contributed by atoms with Crippen molar-refractivity contribution in [1.82, 2.24) is 19.9 Å². The summed E-state index contributed by atoms with van der Waals surface area (Å²) in [6.45, 7) is 4.66. The van der Waals surface area contributed by atoms with Gasteiger partial charge in [0.05, 0.1) is 0 Å². The minimum Gasteiger partial charge on any atom is -0.355 e. The van der Waals surface area contributed by atoms with Gasteiger partial charge in [0, 0.05) is 50.1 Å². The first-order chi connectivity index (χ1) is 12.8. The molecule has 2 aromatic heterocycles. The zero-order valence-electron chi connectivity index (χ0n) is 15.6. The molecule has 0 bridgehead atoms. The average molecular weight is 379 g/mol. The first kappa shape index (κ1) is 19.5. The molecule has 8 heteroatoms. The number of aromatic nitrogens is 3. The second-order valence-corrected chi connectivity index (χ2v) is 6.99. The van der Waals surface area contributed by atoms with E-state index in [1.54, 1.807) is 7.05 Å². The second kappa shape index (κ2) is 8.21. The van der Waals surface area contributed by atoms with Crippen molar-refractivity contribution in [3.8, 4) is 0 Å². The molecule has 146 valence electrons. The van der Waals surface area contributed by atoms with Gasteiger partial charge in [0.25, 0.3) is 0 Å². The van der Waals surface area contributed by atoms with Crippen molar-refractivity contribution in [1.29, 1.82) is 0 Å². The lowest BCUT2D eigenvalue weighted by Crippen LogP contribution is -2.47. The van der Waals surface area contributed by atoms with Crippen LogP contribution in [-0.2, 0) is 12.6 Å². The number of anilines is 1. The highest BCUT2D eigenvalue weighted by Gasteiger charge is 2.33. The van der Waals surface area contributed by atoms with Crippen LogP contribution in [0.15, 0.2) is 30.6 Å². The maximum Gasteiger partial charge on any atom is 0.433 e. The average Bonchev–Trinajstić information content (AvgIpc) is 2.65. The topological polar surface area (TPSA) is 45.2 Å². The van der Waals surface area contributed by atoms with Crippen LogP contribution >= 0.6 is 0 Å². The van der Waals surface area contributed by atoms with Gasteiger partial charge < -0.3 is 9.80 Å². The van der Waals surface area contributed by atoms with Crippen LogP contribution in [0.3, 0.4) is 0 Å². The third-order valence-corrected chi connectivity index (χ3v) is 4.96. The first-order valence-corrected chi connectivity index (χ1v) is 9.10. The van der Waals surface area contributed by atoms with Gasteiger partial charge in [-0.25, -0.2) is 9.97 Å². The van der Waals surface area contributed by atoms with Gasteiger partial charge in [-0.2, -0.15) is 13.2 Å². The third-order valence-electron chi connectivity index (χ3n) is 4.96. The Morgan fingerprint density at radius 1 is 1.26 bits per heavy atom. The zero-order valence-corrected chi connectivity index (χ0v) is 15.6. The quantitative estimate of drug-likeness (QED) is 0.797. The van der Waals surface area contributed by atoms with Crippen LogP contribution in [0.5, 0.6) is 0 Å². The Morgan fingerprint density at radius 3 is 2.81 bits per heavy atom. The Labute approximate surface area is 157 Å². The van der Waals surface area contributed by atoms with E-state index in [1.165, 1.54) is 0 Å². The molecule has 1 aliphatic heterocycles. The fraction of sp³-hybridized carbons (Fsp3) is 0.526. The van der Waals surface area contributed by atoms with E-state index in [0.29, 0.717) is 5.82 Å². The molecule has 0 radical (unpaired) electrons. The number of hydrogen-bond donors (Lipinski definition) is 0. The summed E-state index contributed by atoms with van der Waals surface area (Å²) in [5.74, 6) is 0.310. The molecule has 5 nitrogen and oxygen atoms in total. The van der Waals surface area contributed by atoms with Crippen molar-refractivity contribution in [2.24, 2.45) is 0 Å². The molecule has 0 saturated carbocycles. The molecule has 3 rings (SSSR count). The molecule has 0 aromatic carbocycles. The third kappa shape index (κ3) is 5.15. The maximum absolute atomic E-state index is 12.9. The number of halogens is 3. The van der Waals surface area contributed by atoms with Crippen molar-refractivity contribution in [3.63, 3.8) is 0 Å². The Kier molecular flexibility index (Phi) is 5.94. The smallest absolute Gasteiger partial charge is 0.355 e. The van der Waals surface area contributed by atoms with Gasteiger partial charge in [0.1, 0.15) is 17.8 Å².